The number of hydrogen-bond acceptors (Lipinski definition) is 5. The van der Waals surface area contributed by atoms with Gasteiger partial charge in [0.1, 0.15) is 0 Å². The van der Waals surface area contributed by atoms with Gasteiger partial charge in [-0.15, -0.1) is 0 Å². The Kier molecular flexibility index (Phi) is 11.8. The molecule has 220 valence electrons. The van der Waals surface area contributed by atoms with E-state index in [-0.39, 0.29) is 0 Å². The van der Waals surface area contributed by atoms with Crippen LogP contribution in [0.15, 0.2) is 54.7 Å². The van der Waals surface area contributed by atoms with Crippen molar-refractivity contribution in [2.75, 3.05) is 32.0 Å². The van der Waals surface area contributed by atoms with Crippen molar-refractivity contribution in [3.8, 4) is 5.75 Å². The van der Waals surface area contributed by atoms with E-state index in [4.69, 9.17) is 4.74 Å². The van der Waals surface area contributed by atoms with E-state index >= 15 is 0 Å². The van der Waals surface area contributed by atoms with E-state index in [1.54, 1.807) is 0 Å². The fourth-order valence-electron chi connectivity index (χ4n) is 5.97. The van der Waals surface area contributed by atoms with Crippen LogP contribution < -0.4 is 15.1 Å². The van der Waals surface area contributed by atoms with Crippen molar-refractivity contribution >= 4 is 24.5 Å². The van der Waals surface area contributed by atoms with E-state index in [1.807, 2.05) is 49.5 Å². The minimum atomic E-state index is -2.95. The Morgan fingerprint density at radius 3 is 2.60 bits per heavy atom. The van der Waals surface area contributed by atoms with Crippen LogP contribution in [0.4, 0.5) is 0 Å². The van der Waals surface area contributed by atoms with Gasteiger partial charge in [0.25, 0.3) is 0 Å². The van der Waals surface area contributed by atoms with E-state index < -0.39 is 19.7 Å². The number of ether oxygens (including phenoxy) is 1. The third-order valence-corrected chi connectivity index (χ3v) is 11.6. The number of piperidine rings is 1. The molecule has 2 aromatic carbocycles. The van der Waals surface area contributed by atoms with Crippen LogP contribution >= 0.6 is 7.64 Å². The van der Waals surface area contributed by atoms with Gasteiger partial charge in [-0.1, -0.05) is 0 Å². The number of nitrogens with one attached hydrogen (secondary N) is 3. The number of para-hydroxylation sites is 1. The van der Waals surface area contributed by atoms with E-state index in [2.05, 4.69) is 27.5 Å². The molecular formula is C32H48N3O4P. The molecule has 0 saturated carbocycles. The SMILES string of the molecule is CCC[PH](O)(CCCc1c[nH]c2ccccc12)NC(Cc1ccc(OCCCCC2CCNCC2)cc1)C(=O)O. The number of carboxylic acid groups (broad SMARTS) is 1. The molecule has 2 heterocycles. The number of unbranched alkanes of at least 4 members (excludes halogenated alkanes) is 1. The number of aryl methyl sites for hydroxylation is 1. The summed E-state index contributed by atoms with van der Waals surface area (Å²) in [7, 11) is -2.95. The summed E-state index contributed by atoms with van der Waals surface area (Å²) < 4.78 is 5.94. The third-order valence-electron chi connectivity index (χ3n) is 8.21. The Morgan fingerprint density at radius 2 is 1.85 bits per heavy atom. The molecule has 1 fully saturated rings. The fourth-order valence-corrected chi connectivity index (χ4v) is 8.97. The zero-order valence-corrected chi connectivity index (χ0v) is 25.0. The van der Waals surface area contributed by atoms with Gasteiger partial charge >= 0.3 is 203 Å². The molecule has 0 bridgehead atoms. The predicted octanol–water partition coefficient (Wildman–Crippen LogP) is 5.92. The molecule has 40 heavy (non-hydrogen) atoms. The van der Waals surface area contributed by atoms with Gasteiger partial charge in [-0.3, -0.25) is 0 Å². The molecule has 5 N–H and O–H groups in total. The van der Waals surface area contributed by atoms with Crippen molar-refractivity contribution < 1.29 is 19.5 Å². The Hall–Kier alpha value is -2.44. The molecule has 0 radical (unpaired) electrons. The number of rotatable bonds is 17. The first-order valence-corrected chi connectivity index (χ1v) is 17.5. The van der Waals surface area contributed by atoms with Gasteiger partial charge in [0, 0.05) is 0 Å². The number of aromatic nitrogens is 1. The second-order valence-electron chi connectivity index (χ2n) is 11.4. The molecular weight excluding hydrogens is 521 g/mol. The number of fused-ring (bicyclic) bond motifs is 1. The van der Waals surface area contributed by atoms with Gasteiger partial charge in [0.15, 0.2) is 0 Å². The summed E-state index contributed by atoms with van der Waals surface area (Å²) >= 11 is 0. The van der Waals surface area contributed by atoms with Crippen molar-refractivity contribution in [3.63, 3.8) is 0 Å². The Labute approximate surface area is 239 Å². The van der Waals surface area contributed by atoms with E-state index in [0.717, 1.165) is 61.5 Å². The van der Waals surface area contributed by atoms with Gasteiger partial charge < -0.3 is 5.32 Å². The van der Waals surface area contributed by atoms with Crippen LogP contribution in [-0.2, 0) is 17.6 Å². The first-order valence-electron chi connectivity index (χ1n) is 15.2. The van der Waals surface area contributed by atoms with Crippen LogP contribution in [0.1, 0.15) is 63.0 Å². The first-order chi connectivity index (χ1) is 19.5. The van der Waals surface area contributed by atoms with Gasteiger partial charge in [0.05, 0.1) is 0 Å². The number of aliphatic carboxylic acids is 1. The van der Waals surface area contributed by atoms with E-state index in [9.17, 15) is 14.8 Å². The van der Waals surface area contributed by atoms with Crippen molar-refractivity contribution in [3.05, 3.63) is 65.9 Å². The summed E-state index contributed by atoms with van der Waals surface area (Å²) in [5.74, 6) is 0.751. The molecule has 0 aliphatic carbocycles. The Bertz CT molecular complexity index is 1180. The fraction of sp³-hybridized carbons (Fsp3) is 0.531. The van der Waals surface area contributed by atoms with Crippen LogP contribution in [0.5, 0.6) is 5.75 Å². The quantitative estimate of drug-likeness (QED) is 0.102. The Balaban J connectivity index is 1.24. The van der Waals surface area contributed by atoms with Crippen molar-refractivity contribution in [2.24, 2.45) is 5.92 Å². The van der Waals surface area contributed by atoms with Crippen molar-refractivity contribution in [1.29, 1.82) is 0 Å². The zero-order chi connectivity index (χ0) is 28.2. The van der Waals surface area contributed by atoms with Crippen LogP contribution in [-0.4, -0.2) is 59.0 Å². The summed E-state index contributed by atoms with van der Waals surface area (Å²) in [6.07, 6.45) is 12.2. The summed E-state index contributed by atoms with van der Waals surface area (Å²) in [6, 6.07) is 15.2. The standard InChI is InChI=1S/C32H48N3O4P/c1-2-21-40(38,22-7-9-27-24-34-30-11-4-3-10-29(27)30)35-31(32(36)37)23-26-12-14-28(15-13-26)39-20-6-5-8-25-16-18-33-19-17-25/h3-4,10-15,24-25,31,33-35,38,40H,2,5-9,16-23H2,1H3,(H,36,37). The van der Waals surface area contributed by atoms with Crippen LogP contribution in [0.25, 0.3) is 10.9 Å². The molecule has 0 amide bonds. The zero-order valence-electron chi connectivity index (χ0n) is 24.0. The van der Waals surface area contributed by atoms with Crippen LogP contribution in [0.3, 0.4) is 0 Å². The summed E-state index contributed by atoms with van der Waals surface area (Å²) in [5.41, 5.74) is 3.28. The number of benzene rings is 2. The molecule has 1 aliphatic rings. The van der Waals surface area contributed by atoms with Gasteiger partial charge in [0.2, 0.25) is 0 Å². The summed E-state index contributed by atoms with van der Waals surface area (Å²) in [5, 5.41) is 17.9. The van der Waals surface area contributed by atoms with E-state index in [1.165, 1.54) is 36.6 Å². The average molecular weight is 570 g/mol. The van der Waals surface area contributed by atoms with Crippen LogP contribution in [0, 0.1) is 5.92 Å². The number of carbonyl (C=O) groups is 1. The summed E-state index contributed by atoms with van der Waals surface area (Å²) in [6.45, 7) is 5.05. The molecule has 1 aliphatic heterocycles. The first kappa shape index (κ1) is 30.5. The van der Waals surface area contributed by atoms with E-state index in [0.29, 0.717) is 25.4 Å². The second kappa shape index (κ2) is 15.5. The van der Waals surface area contributed by atoms with Crippen molar-refractivity contribution in [1.82, 2.24) is 15.4 Å². The second-order valence-corrected chi connectivity index (χ2v) is 14.8. The van der Waals surface area contributed by atoms with Gasteiger partial charge in [-0.25, -0.2) is 0 Å². The third kappa shape index (κ3) is 9.31. The molecule has 1 saturated heterocycles. The van der Waals surface area contributed by atoms with Gasteiger partial charge in [-0.2, -0.15) is 0 Å². The monoisotopic (exact) mass is 569 g/mol. The molecule has 3 aromatic rings. The predicted molar refractivity (Wildman–Crippen MR) is 167 cm³/mol. The number of aromatic amines is 1. The van der Waals surface area contributed by atoms with Gasteiger partial charge in [-0.05, 0) is 31.8 Å². The topological polar surface area (TPSA) is 107 Å². The molecule has 7 nitrogen and oxygen atoms in total. The number of hydrogen-bond donors (Lipinski definition) is 5. The number of carboxylic acids is 1. The molecule has 4 rings (SSSR count). The average Bonchev–Trinajstić information content (AvgIpc) is 3.37. The molecule has 1 unspecified atom stereocenters. The normalized spacial score (nSPS) is 15.8. The summed E-state index contributed by atoms with van der Waals surface area (Å²) in [4.78, 5) is 27.1. The molecule has 1 aromatic heterocycles. The minimum absolute atomic E-state index is 0.327. The number of H-pyrrole nitrogens is 1. The maximum absolute atomic E-state index is 12.2. The maximum atomic E-state index is 12.2. The Morgan fingerprint density at radius 1 is 1.07 bits per heavy atom. The molecule has 0 spiro atoms. The van der Waals surface area contributed by atoms with Crippen molar-refractivity contribution in [2.45, 2.75) is 70.8 Å². The van der Waals surface area contributed by atoms with Crippen LogP contribution in [0.2, 0.25) is 0 Å². The molecule has 1 atom stereocenters. The molecule has 8 heteroatoms.